The minimum atomic E-state index is -0.788. The number of nitrogens with one attached hydrogen (secondary N) is 1. The van der Waals surface area contributed by atoms with E-state index in [2.05, 4.69) is 20.9 Å². The lowest BCUT2D eigenvalue weighted by atomic mass is 9.82. The molecule has 2 saturated heterocycles. The molecule has 0 spiro atoms. The monoisotopic (exact) mass is 647 g/mol. The van der Waals surface area contributed by atoms with Crippen LogP contribution in [0.25, 0.3) is 0 Å². The first kappa shape index (κ1) is 26.6. The minimum Gasteiger partial charge on any atom is -0.483 e. The van der Waals surface area contributed by atoms with E-state index in [0.29, 0.717) is 45.0 Å². The molecular weight excluding hydrogens is 626 g/mol. The van der Waals surface area contributed by atoms with Crippen molar-refractivity contribution in [1.29, 1.82) is 0 Å². The highest BCUT2D eigenvalue weighted by Crippen LogP contribution is 2.54. The number of fused-ring (bicyclic) bond motifs is 2. The van der Waals surface area contributed by atoms with Crippen LogP contribution >= 0.6 is 50.6 Å². The summed E-state index contributed by atoms with van der Waals surface area (Å²) in [5.41, 5.74) is 1.05. The van der Waals surface area contributed by atoms with Crippen molar-refractivity contribution in [1.82, 2.24) is 9.88 Å². The SMILES string of the molecule is O=C(COc1ccc(Cl)cc1[C@H]1c2sc(=O)[nH]c2SC2C(=O)N(c3ccc(Br)cc3)C(=O)C21)N1CCCCC1. The summed E-state index contributed by atoms with van der Waals surface area (Å²) in [6, 6.07) is 12.0. The first-order chi connectivity index (χ1) is 18.8. The summed E-state index contributed by atoms with van der Waals surface area (Å²) >= 11 is 12.0. The third-order valence-electron chi connectivity index (χ3n) is 7.28. The van der Waals surface area contributed by atoms with Crippen LogP contribution in [0, 0.1) is 5.92 Å². The van der Waals surface area contributed by atoms with Crippen molar-refractivity contribution in [3.05, 3.63) is 72.1 Å². The first-order valence-electron chi connectivity index (χ1n) is 12.5. The van der Waals surface area contributed by atoms with Crippen molar-refractivity contribution in [2.45, 2.75) is 35.5 Å². The van der Waals surface area contributed by atoms with E-state index >= 15 is 0 Å². The number of H-pyrrole nitrogens is 1. The number of nitrogens with zero attached hydrogens (tertiary/aromatic N) is 2. The molecule has 0 saturated carbocycles. The Bertz CT molecular complexity index is 1520. The number of ether oxygens (including phenoxy) is 1. The molecule has 39 heavy (non-hydrogen) atoms. The summed E-state index contributed by atoms with van der Waals surface area (Å²) in [7, 11) is 0. The Kier molecular flexibility index (Phi) is 7.34. The average Bonchev–Trinajstić information content (AvgIpc) is 3.43. The fourth-order valence-corrected chi connectivity index (χ4v) is 8.42. The van der Waals surface area contributed by atoms with Crippen LogP contribution in [0.1, 0.15) is 35.6 Å². The second-order valence-corrected chi connectivity index (χ2v) is 13.2. The zero-order valence-electron chi connectivity index (χ0n) is 20.5. The van der Waals surface area contributed by atoms with Crippen LogP contribution in [-0.4, -0.2) is 52.6 Å². The molecule has 0 radical (unpaired) electrons. The van der Waals surface area contributed by atoms with Crippen molar-refractivity contribution in [2.24, 2.45) is 5.92 Å². The lowest BCUT2D eigenvalue weighted by Crippen LogP contribution is -2.38. The lowest BCUT2D eigenvalue weighted by Gasteiger charge is -2.31. The molecular formula is C27H23BrClN3O5S2. The largest absolute Gasteiger partial charge is 0.483 e. The molecule has 3 aliphatic heterocycles. The van der Waals surface area contributed by atoms with Gasteiger partial charge in [0.05, 0.1) is 16.6 Å². The summed E-state index contributed by atoms with van der Waals surface area (Å²) in [4.78, 5) is 59.1. The number of thiazole rings is 1. The number of piperidine rings is 1. The number of halogens is 2. The smallest absolute Gasteiger partial charge is 0.305 e. The fraction of sp³-hybridized carbons (Fsp3) is 0.333. The first-order valence-corrected chi connectivity index (χ1v) is 15.4. The number of aromatic nitrogens is 1. The molecule has 2 unspecified atom stereocenters. The standard InChI is InChI=1S/C27H23BrClN3O5S2/c28-14-4-7-16(8-5-14)32-25(34)21-20(22-24(30-27(36)39-22)38-23(21)26(32)35)17-12-15(29)6-9-18(17)37-13-19(33)31-10-2-1-3-11-31/h4-9,12,20-21,23H,1-3,10-11,13H2,(H,30,36)/t20-,21?,23?/m1/s1. The second-order valence-electron chi connectivity index (χ2n) is 9.65. The van der Waals surface area contributed by atoms with Gasteiger partial charge in [0, 0.05) is 38.9 Å². The molecule has 6 rings (SSSR count). The van der Waals surface area contributed by atoms with Crippen LogP contribution in [0.2, 0.25) is 5.02 Å². The number of amides is 3. The van der Waals surface area contributed by atoms with Crippen molar-refractivity contribution in [3.63, 3.8) is 0 Å². The molecule has 8 nitrogen and oxygen atoms in total. The Hall–Kier alpha value is -2.60. The summed E-state index contributed by atoms with van der Waals surface area (Å²) in [6.07, 6.45) is 3.06. The van der Waals surface area contributed by atoms with E-state index in [1.165, 1.54) is 16.7 Å². The molecule has 3 aliphatic rings. The molecule has 3 aromatic rings. The fourth-order valence-electron chi connectivity index (χ4n) is 5.46. The van der Waals surface area contributed by atoms with Gasteiger partial charge in [0.1, 0.15) is 11.0 Å². The van der Waals surface area contributed by atoms with Gasteiger partial charge in [0.25, 0.3) is 5.91 Å². The summed E-state index contributed by atoms with van der Waals surface area (Å²) in [6.45, 7) is 1.27. The predicted octanol–water partition coefficient (Wildman–Crippen LogP) is 5.04. The number of carbonyl (C=O) groups excluding carboxylic acids is 3. The van der Waals surface area contributed by atoms with Gasteiger partial charge >= 0.3 is 4.87 Å². The number of imide groups is 1. The maximum absolute atomic E-state index is 14.0. The number of benzene rings is 2. The third kappa shape index (κ3) is 4.94. The second kappa shape index (κ2) is 10.8. The predicted molar refractivity (Wildman–Crippen MR) is 154 cm³/mol. The van der Waals surface area contributed by atoms with Crippen molar-refractivity contribution in [2.75, 3.05) is 24.6 Å². The van der Waals surface area contributed by atoms with Gasteiger partial charge in [-0.2, -0.15) is 0 Å². The number of anilines is 1. The van der Waals surface area contributed by atoms with Gasteiger partial charge in [0.15, 0.2) is 6.61 Å². The molecule has 4 heterocycles. The summed E-state index contributed by atoms with van der Waals surface area (Å²) < 4.78 is 6.89. The molecule has 3 amide bonds. The van der Waals surface area contributed by atoms with E-state index in [-0.39, 0.29) is 29.2 Å². The summed E-state index contributed by atoms with van der Waals surface area (Å²) in [5, 5.41) is 0.233. The number of likely N-dealkylation sites (tertiary alicyclic amines) is 1. The molecule has 202 valence electrons. The van der Waals surface area contributed by atoms with Gasteiger partial charge in [-0.3, -0.25) is 19.2 Å². The van der Waals surface area contributed by atoms with Gasteiger partial charge in [-0.25, -0.2) is 4.90 Å². The van der Waals surface area contributed by atoms with Crippen LogP contribution in [0.4, 0.5) is 5.69 Å². The maximum atomic E-state index is 14.0. The van der Waals surface area contributed by atoms with Gasteiger partial charge < -0.3 is 14.6 Å². The molecule has 0 aliphatic carbocycles. The highest BCUT2D eigenvalue weighted by Gasteiger charge is 2.56. The summed E-state index contributed by atoms with van der Waals surface area (Å²) in [5.74, 6) is -1.85. The molecule has 1 N–H and O–H groups in total. The van der Waals surface area contributed by atoms with Gasteiger partial charge in [-0.1, -0.05) is 50.6 Å². The van der Waals surface area contributed by atoms with Crippen LogP contribution in [-0.2, 0) is 14.4 Å². The molecule has 2 fully saturated rings. The minimum absolute atomic E-state index is 0.104. The van der Waals surface area contributed by atoms with E-state index in [4.69, 9.17) is 16.3 Å². The number of rotatable bonds is 5. The molecule has 0 bridgehead atoms. The zero-order valence-corrected chi connectivity index (χ0v) is 24.5. The Morgan fingerprint density at radius 2 is 1.79 bits per heavy atom. The van der Waals surface area contributed by atoms with Gasteiger partial charge in [0.2, 0.25) is 11.8 Å². The number of hydrogen-bond acceptors (Lipinski definition) is 7. The van der Waals surface area contributed by atoms with Crippen LogP contribution in [0.3, 0.4) is 0 Å². The highest BCUT2D eigenvalue weighted by atomic mass is 79.9. The molecule has 1 aromatic heterocycles. The maximum Gasteiger partial charge on any atom is 0.305 e. The molecule has 2 aromatic carbocycles. The third-order valence-corrected chi connectivity index (χ3v) is 10.4. The number of aromatic amines is 1. The Labute approximate surface area is 245 Å². The quantitative estimate of drug-likeness (QED) is 0.390. The van der Waals surface area contributed by atoms with Crippen molar-refractivity contribution >= 4 is 74.0 Å². The Morgan fingerprint density at radius 3 is 2.54 bits per heavy atom. The van der Waals surface area contributed by atoms with Crippen molar-refractivity contribution < 1.29 is 19.1 Å². The Balaban J connectivity index is 1.39. The van der Waals surface area contributed by atoms with Gasteiger partial charge in [-0.05, 0) is 61.7 Å². The van der Waals surface area contributed by atoms with Crippen molar-refractivity contribution in [3.8, 4) is 5.75 Å². The number of hydrogen-bond donors (Lipinski definition) is 1. The molecule has 12 heteroatoms. The zero-order chi connectivity index (χ0) is 27.3. The van der Waals surface area contributed by atoms with E-state index in [1.54, 1.807) is 47.4 Å². The molecule has 3 atom stereocenters. The normalized spacial score (nSPS) is 22.6. The van der Waals surface area contributed by atoms with E-state index in [9.17, 15) is 19.2 Å². The lowest BCUT2D eigenvalue weighted by molar-refractivity contribution is -0.134. The van der Waals surface area contributed by atoms with Crippen LogP contribution < -0.4 is 14.5 Å². The van der Waals surface area contributed by atoms with Crippen LogP contribution in [0.15, 0.2) is 56.8 Å². The number of carbonyl (C=O) groups is 3. The van der Waals surface area contributed by atoms with E-state index in [0.717, 1.165) is 35.1 Å². The van der Waals surface area contributed by atoms with Gasteiger partial charge in [-0.15, -0.1) is 0 Å². The topological polar surface area (TPSA) is 99.8 Å². The number of thioether (sulfide) groups is 1. The van der Waals surface area contributed by atoms with E-state index in [1.807, 2.05) is 0 Å². The van der Waals surface area contributed by atoms with Crippen LogP contribution in [0.5, 0.6) is 5.75 Å². The Morgan fingerprint density at radius 1 is 1.05 bits per heavy atom. The highest BCUT2D eigenvalue weighted by molar-refractivity contribution is 9.10. The van der Waals surface area contributed by atoms with E-state index < -0.39 is 17.1 Å². The average molecular weight is 649 g/mol.